The third kappa shape index (κ3) is 2.58. The lowest BCUT2D eigenvalue weighted by Gasteiger charge is -2.37. The second-order valence-corrected chi connectivity index (χ2v) is 8.38. The monoisotopic (exact) mass is 287 g/mol. The summed E-state index contributed by atoms with van der Waals surface area (Å²) in [6.45, 7) is 11.4. The smallest absolute Gasteiger partial charge is 0.165 e. The Bertz CT molecular complexity index is 566. The summed E-state index contributed by atoms with van der Waals surface area (Å²) >= 11 is 0. The van der Waals surface area contributed by atoms with Crippen LogP contribution in [0.25, 0.3) is 0 Å². The molecule has 2 aliphatic rings. The molecule has 1 saturated carbocycles. The molecule has 21 heavy (non-hydrogen) atoms. The van der Waals surface area contributed by atoms with Crippen molar-refractivity contribution in [3.63, 3.8) is 0 Å². The summed E-state index contributed by atoms with van der Waals surface area (Å²) in [6.07, 6.45) is 5.58. The van der Waals surface area contributed by atoms with Crippen LogP contribution in [0, 0.1) is 24.2 Å². The van der Waals surface area contributed by atoms with Crippen LogP contribution in [0.1, 0.15) is 81.2 Å². The van der Waals surface area contributed by atoms with Crippen LogP contribution in [0.3, 0.4) is 0 Å². The maximum atomic E-state index is 12.5. The standard InChI is InChI=1S/C19H29NO/c1-12-6-7-15(8-13(12)2)20-14(3)9-16-17(20)10-19(4,5)11-18(16)21/h9,12-13,15H,6-8,10-11H2,1-5H3. The molecular formula is C19H29NO. The maximum absolute atomic E-state index is 12.5. The number of aryl methyl sites for hydroxylation is 1. The van der Waals surface area contributed by atoms with Gasteiger partial charge in [-0.2, -0.15) is 0 Å². The molecule has 2 aliphatic carbocycles. The summed E-state index contributed by atoms with van der Waals surface area (Å²) in [6, 6.07) is 2.75. The van der Waals surface area contributed by atoms with E-state index in [1.54, 1.807) is 0 Å². The molecule has 0 amide bonds. The summed E-state index contributed by atoms with van der Waals surface area (Å²) in [5, 5.41) is 0. The third-order valence-electron chi connectivity index (χ3n) is 5.86. The van der Waals surface area contributed by atoms with Crippen LogP contribution in [0.2, 0.25) is 0 Å². The number of fused-ring (bicyclic) bond motifs is 1. The molecule has 2 nitrogen and oxygen atoms in total. The minimum Gasteiger partial charge on any atom is -0.345 e. The van der Waals surface area contributed by atoms with Gasteiger partial charge in [-0.3, -0.25) is 4.79 Å². The molecule has 0 aliphatic heterocycles. The van der Waals surface area contributed by atoms with Gasteiger partial charge in [-0.15, -0.1) is 0 Å². The number of rotatable bonds is 1. The second kappa shape index (κ2) is 5.00. The molecule has 1 fully saturated rings. The van der Waals surface area contributed by atoms with Gasteiger partial charge in [0.05, 0.1) is 0 Å². The van der Waals surface area contributed by atoms with Crippen molar-refractivity contribution in [2.24, 2.45) is 17.3 Å². The van der Waals surface area contributed by atoms with Crippen molar-refractivity contribution in [3.05, 3.63) is 23.0 Å². The van der Waals surface area contributed by atoms with E-state index in [1.165, 1.54) is 30.7 Å². The fraction of sp³-hybridized carbons (Fsp3) is 0.737. The van der Waals surface area contributed by atoms with Crippen molar-refractivity contribution >= 4 is 5.78 Å². The van der Waals surface area contributed by atoms with E-state index in [0.29, 0.717) is 18.2 Å². The molecule has 1 aromatic rings. The van der Waals surface area contributed by atoms with E-state index < -0.39 is 0 Å². The van der Waals surface area contributed by atoms with E-state index in [9.17, 15) is 4.79 Å². The zero-order valence-electron chi connectivity index (χ0n) is 14.2. The lowest BCUT2D eigenvalue weighted by atomic mass is 9.75. The van der Waals surface area contributed by atoms with Gasteiger partial charge >= 0.3 is 0 Å². The summed E-state index contributed by atoms with van der Waals surface area (Å²) in [5.41, 5.74) is 3.73. The van der Waals surface area contributed by atoms with Crippen LogP contribution in [0.5, 0.6) is 0 Å². The summed E-state index contributed by atoms with van der Waals surface area (Å²) in [5.74, 6) is 1.97. The average Bonchev–Trinajstić information content (AvgIpc) is 2.68. The number of Topliss-reactive ketones (excluding diaryl/α,β-unsaturated/α-hetero) is 1. The molecule has 0 aromatic carbocycles. The first-order chi connectivity index (χ1) is 9.78. The summed E-state index contributed by atoms with van der Waals surface area (Å²) < 4.78 is 2.52. The first kappa shape index (κ1) is 14.9. The highest BCUT2D eigenvalue weighted by molar-refractivity contribution is 5.99. The number of carbonyl (C=O) groups is 1. The van der Waals surface area contributed by atoms with Crippen LogP contribution >= 0.6 is 0 Å². The molecule has 1 heterocycles. The molecule has 3 rings (SSSR count). The number of hydrogen-bond donors (Lipinski definition) is 0. The van der Waals surface area contributed by atoms with Crippen molar-refractivity contribution in [2.45, 2.75) is 72.8 Å². The molecular weight excluding hydrogens is 258 g/mol. The zero-order valence-corrected chi connectivity index (χ0v) is 14.2. The topological polar surface area (TPSA) is 22.0 Å². The van der Waals surface area contributed by atoms with Crippen LogP contribution in [-0.2, 0) is 6.42 Å². The SMILES string of the molecule is Cc1cc2c(n1C1CCC(C)C(C)C1)CC(C)(C)CC2=O. The molecule has 1 aromatic heterocycles. The minimum absolute atomic E-state index is 0.111. The van der Waals surface area contributed by atoms with Gasteiger partial charge in [0.1, 0.15) is 0 Å². The second-order valence-electron chi connectivity index (χ2n) is 8.38. The minimum atomic E-state index is 0.111. The predicted octanol–water partition coefficient (Wildman–Crippen LogP) is 4.95. The quantitative estimate of drug-likeness (QED) is 0.716. The molecule has 3 atom stereocenters. The van der Waals surface area contributed by atoms with Crippen LogP contribution < -0.4 is 0 Å². The van der Waals surface area contributed by atoms with Crippen LogP contribution in [0.4, 0.5) is 0 Å². The summed E-state index contributed by atoms with van der Waals surface area (Å²) in [4.78, 5) is 12.5. The Morgan fingerprint density at radius 3 is 2.52 bits per heavy atom. The molecule has 0 bridgehead atoms. The van der Waals surface area contributed by atoms with E-state index in [2.05, 4.69) is 45.3 Å². The lowest BCUT2D eigenvalue weighted by Crippen LogP contribution is -2.31. The van der Waals surface area contributed by atoms with E-state index in [4.69, 9.17) is 0 Å². The molecule has 0 N–H and O–H groups in total. The van der Waals surface area contributed by atoms with Gasteiger partial charge in [0.25, 0.3) is 0 Å². The highest BCUT2D eigenvalue weighted by Gasteiger charge is 2.36. The fourth-order valence-corrected chi connectivity index (χ4v) is 4.43. The van der Waals surface area contributed by atoms with Gasteiger partial charge in [0.15, 0.2) is 5.78 Å². The van der Waals surface area contributed by atoms with Gasteiger partial charge in [-0.25, -0.2) is 0 Å². The van der Waals surface area contributed by atoms with Crippen molar-refractivity contribution in [1.29, 1.82) is 0 Å². The number of ketones is 1. The van der Waals surface area contributed by atoms with Gasteiger partial charge in [-0.05, 0) is 55.9 Å². The number of nitrogens with zero attached hydrogens (tertiary/aromatic N) is 1. The maximum Gasteiger partial charge on any atom is 0.165 e. The Morgan fingerprint density at radius 1 is 1.14 bits per heavy atom. The molecule has 3 unspecified atom stereocenters. The fourth-order valence-electron chi connectivity index (χ4n) is 4.43. The Morgan fingerprint density at radius 2 is 1.86 bits per heavy atom. The number of hydrogen-bond acceptors (Lipinski definition) is 1. The van der Waals surface area contributed by atoms with E-state index in [0.717, 1.165) is 23.8 Å². The summed E-state index contributed by atoms with van der Waals surface area (Å²) in [7, 11) is 0. The van der Waals surface area contributed by atoms with Crippen molar-refractivity contribution in [2.75, 3.05) is 0 Å². The van der Waals surface area contributed by atoms with Gasteiger partial charge in [0, 0.05) is 29.4 Å². The van der Waals surface area contributed by atoms with Gasteiger partial charge in [-0.1, -0.05) is 27.7 Å². The van der Waals surface area contributed by atoms with E-state index in [1.807, 2.05) is 0 Å². The highest BCUT2D eigenvalue weighted by atomic mass is 16.1. The van der Waals surface area contributed by atoms with E-state index >= 15 is 0 Å². The molecule has 0 spiro atoms. The average molecular weight is 287 g/mol. The molecule has 2 heteroatoms. The Balaban J connectivity index is 1.99. The highest BCUT2D eigenvalue weighted by Crippen LogP contribution is 2.42. The largest absolute Gasteiger partial charge is 0.345 e. The predicted molar refractivity (Wildman–Crippen MR) is 86.8 cm³/mol. The first-order valence-electron chi connectivity index (χ1n) is 8.52. The van der Waals surface area contributed by atoms with Gasteiger partial charge < -0.3 is 4.57 Å². The normalized spacial score (nSPS) is 32.0. The molecule has 0 saturated heterocycles. The molecule has 0 radical (unpaired) electrons. The Kier molecular flexibility index (Phi) is 3.54. The van der Waals surface area contributed by atoms with Crippen LogP contribution in [0.15, 0.2) is 6.07 Å². The number of aromatic nitrogens is 1. The lowest BCUT2D eigenvalue weighted by molar-refractivity contribution is 0.0907. The van der Waals surface area contributed by atoms with Crippen LogP contribution in [-0.4, -0.2) is 10.4 Å². The van der Waals surface area contributed by atoms with Gasteiger partial charge in [0.2, 0.25) is 0 Å². The zero-order chi connectivity index (χ0) is 15.4. The Labute approximate surface area is 128 Å². The van der Waals surface area contributed by atoms with Crippen molar-refractivity contribution in [3.8, 4) is 0 Å². The van der Waals surface area contributed by atoms with Crippen molar-refractivity contribution < 1.29 is 4.79 Å². The number of carbonyl (C=O) groups excluding carboxylic acids is 1. The van der Waals surface area contributed by atoms with Crippen molar-refractivity contribution in [1.82, 2.24) is 4.57 Å². The third-order valence-corrected chi connectivity index (χ3v) is 5.86. The van der Waals surface area contributed by atoms with E-state index in [-0.39, 0.29) is 5.41 Å². The Hall–Kier alpha value is -1.05. The molecule has 116 valence electrons. The first-order valence-corrected chi connectivity index (χ1v) is 8.52.